The first-order valence-electron chi connectivity index (χ1n) is 8.89. The molecule has 0 radical (unpaired) electrons. The van der Waals surface area contributed by atoms with Crippen LogP contribution >= 0.6 is 11.3 Å². The highest BCUT2D eigenvalue weighted by Gasteiger charge is 2.19. The van der Waals surface area contributed by atoms with Crippen LogP contribution in [0.15, 0.2) is 35.3 Å². The summed E-state index contributed by atoms with van der Waals surface area (Å²) in [5.74, 6) is 1.91. The summed E-state index contributed by atoms with van der Waals surface area (Å²) >= 11 is 1.44. The first-order chi connectivity index (χ1) is 13.7. The van der Waals surface area contributed by atoms with Gasteiger partial charge >= 0.3 is 0 Å². The highest BCUT2D eigenvalue weighted by Crippen LogP contribution is 2.37. The minimum Gasteiger partial charge on any atom is -0.493 e. The van der Waals surface area contributed by atoms with E-state index in [1.54, 1.807) is 18.2 Å². The maximum Gasteiger partial charge on any atom is 0.283 e. The largest absolute Gasteiger partial charge is 0.493 e. The molecule has 1 aliphatic heterocycles. The summed E-state index contributed by atoms with van der Waals surface area (Å²) < 4.78 is 24.6. The first kappa shape index (κ1) is 18.4. The molecular weight excluding hydrogens is 380 g/mol. The Morgan fingerprint density at radius 2 is 2.00 bits per heavy atom. The molecule has 2 aromatic carbocycles. The Labute approximate surface area is 165 Å². The van der Waals surface area contributed by atoms with E-state index in [1.165, 1.54) is 25.6 Å². The van der Waals surface area contributed by atoms with Gasteiger partial charge in [-0.1, -0.05) is 24.3 Å². The second kappa shape index (κ2) is 7.55. The summed E-state index contributed by atoms with van der Waals surface area (Å²) in [5, 5.41) is 0. The Bertz CT molecular complexity index is 1120. The molecule has 0 N–H and O–H groups in total. The molecule has 0 saturated heterocycles. The van der Waals surface area contributed by atoms with E-state index in [2.05, 4.69) is 11.9 Å². The Balaban J connectivity index is 1.85. The quantitative estimate of drug-likeness (QED) is 0.654. The number of carbonyl (C=O) groups is 1. The van der Waals surface area contributed by atoms with Crippen molar-refractivity contribution >= 4 is 27.5 Å². The number of hydrogen-bond acceptors (Lipinski definition) is 6. The molecule has 4 rings (SSSR count). The lowest BCUT2D eigenvalue weighted by Crippen LogP contribution is -2.17. The predicted octanol–water partition coefficient (Wildman–Crippen LogP) is 3.60. The monoisotopic (exact) mass is 400 g/mol. The number of methoxy groups -OCH3 is 2. The van der Waals surface area contributed by atoms with Crippen LogP contribution < -0.4 is 23.7 Å². The lowest BCUT2D eigenvalue weighted by molar-refractivity contribution is 0.0994. The third-order valence-electron chi connectivity index (χ3n) is 4.45. The molecule has 2 heterocycles. The van der Waals surface area contributed by atoms with Crippen molar-refractivity contribution in [3.8, 4) is 23.0 Å². The molecule has 0 bridgehead atoms. The van der Waals surface area contributed by atoms with Gasteiger partial charge in [-0.15, -0.1) is 0 Å². The molecule has 8 heteroatoms. The lowest BCUT2D eigenvalue weighted by Gasteiger charge is -2.10. The van der Waals surface area contributed by atoms with Crippen molar-refractivity contribution in [1.29, 1.82) is 0 Å². The highest BCUT2D eigenvalue weighted by molar-refractivity contribution is 7.16. The average molecular weight is 400 g/mol. The highest BCUT2D eigenvalue weighted by atomic mass is 32.1. The number of thiazole rings is 1. The van der Waals surface area contributed by atoms with E-state index in [0.29, 0.717) is 33.4 Å². The molecule has 0 atom stereocenters. The fourth-order valence-corrected chi connectivity index (χ4v) is 4.25. The van der Waals surface area contributed by atoms with Crippen LogP contribution in [0.1, 0.15) is 23.7 Å². The lowest BCUT2D eigenvalue weighted by atomic mass is 10.2. The number of ether oxygens (including phenoxy) is 4. The maximum atomic E-state index is 12.9. The van der Waals surface area contributed by atoms with Crippen LogP contribution in [0.5, 0.6) is 23.0 Å². The van der Waals surface area contributed by atoms with Crippen LogP contribution in [0.2, 0.25) is 0 Å². The maximum absolute atomic E-state index is 12.9. The van der Waals surface area contributed by atoms with Crippen molar-refractivity contribution in [2.24, 2.45) is 4.99 Å². The Morgan fingerprint density at radius 1 is 1.21 bits per heavy atom. The smallest absolute Gasteiger partial charge is 0.283 e. The van der Waals surface area contributed by atoms with Gasteiger partial charge in [-0.05, 0) is 18.6 Å². The zero-order valence-electron chi connectivity index (χ0n) is 15.9. The third kappa shape index (κ3) is 3.09. The SMILES string of the molecule is CCCn1c(=NC(=O)c2cccc(OC)c2OC)sc2cc3c(cc21)OCO3. The van der Waals surface area contributed by atoms with Gasteiger partial charge < -0.3 is 23.5 Å². The standard InChI is InChI=1S/C20H20N2O5S/c1-4-8-22-13-9-15-16(27-11-26-15)10-17(13)28-20(22)21-19(23)12-6-5-7-14(24-2)18(12)25-3/h5-7,9-10H,4,8,11H2,1-3H3. The number of benzene rings is 2. The van der Waals surface area contributed by atoms with Crippen molar-refractivity contribution in [2.75, 3.05) is 21.0 Å². The van der Waals surface area contributed by atoms with Gasteiger partial charge in [0.15, 0.2) is 27.8 Å². The predicted molar refractivity (Wildman–Crippen MR) is 106 cm³/mol. The van der Waals surface area contributed by atoms with Crippen LogP contribution in [0.3, 0.4) is 0 Å². The van der Waals surface area contributed by atoms with E-state index in [9.17, 15) is 4.79 Å². The molecule has 7 nitrogen and oxygen atoms in total. The summed E-state index contributed by atoms with van der Waals surface area (Å²) in [7, 11) is 3.04. The number of nitrogens with zero attached hydrogens (tertiary/aromatic N) is 2. The van der Waals surface area contributed by atoms with Gasteiger partial charge in [-0.3, -0.25) is 4.79 Å². The van der Waals surface area contributed by atoms with Crippen LogP contribution in [0.4, 0.5) is 0 Å². The fourth-order valence-electron chi connectivity index (χ4n) is 3.19. The molecule has 28 heavy (non-hydrogen) atoms. The zero-order chi connectivity index (χ0) is 19.7. The van der Waals surface area contributed by atoms with E-state index in [4.69, 9.17) is 18.9 Å². The van der Waals surface area contributed by atoms with Crippen molar-refractivity contribution in [3.05, 3.63) is 40.7 Å². The van der Waals surface area contributed by atoms with E-state index in [-0.39, 0.29) is 12.7 Å². The molecule has 0 saturated carbocycles. The number of amides is 1. The van der Waals surface area contributed by atoms with Gasteiger partial charge in [0.05, 0.1) is 30.0 Å². The third-order valence-corrected chi connectivity index (χ3v) is 5.50. The van der Waals surface area contributed by atoms with Crippen molar-refractivity contribution in [3.63, 3.8) is 0 Å². The van der Waals surface area contributed by atoms with Gasteiger partial charge in [-0.25, -0.2) is 0 Å². The molecule has 0 unspecified atom stereocenters. The van der Waals surface area contributed by atoms with Crippen LogP contribution in [-0.2, 0) is 6.54 Å². The van der Waals surface area contributed by atoms with Crippen molar-refractivity contribution < 1.29 is 23.7 Å². The van der Waals surface area contributed by atoms with Gasteiger partial charge in [0.25, 0.3) is 5.91 Å². The topological polar surface area (TPSA) is 71.3 Å². The number of carbonyl (C=O) groups excluding carboxylic acids is 1. The molecule has 0 aliphatic carbocycles. The number of rotatable bonds is 5. The summed E-state index contributed by atoms with van der Waals surface area (Å²) in [6.45, 7) is 3.05. The molecule has 146 valence electrons. The summed E-state index contributed by atoms with van der Waals surface area (Å²) in [6.07, 6.45) is 0.907. The van der Waals surface area contributed by atoms with Gasteiger partial charge in [0.1, 0.15) is 0 Å². The average Bonchev–Trinajstić information content (AvgIpc) is 3.29. The van der Waals surface area contributed by atoms with E-state index >= 15 is 0 Å². The van der Waals surface area contributed by atoms with Crippen LogP contribution in [0, 0.1) is 0 Å². The van der Waals surface area contributed by atoms with Crippen LogP contribution in [-0.4, -0.2) is 31.5 Å². The summed E-state index contributed by atoms with van der Waals surface area (Å²) in [5.41, 5.74) is 1.33. The van der Waals surface area contributed by atoms with E-state index in [0.717, 1.165) is 23.2 Å². The number of aromatic nitrogens is 1. The summed E-state index contributed by atoms with van der Waals surface area (Å²) in [6, 6.07) is 9.05. The number of fused-ring (bicyclic) bond motifs is 2. The van der Waals surface area contributed by atoms with E-state index in [1.807, 2.05) is 16.7 Å². The second-order valence-electron chi connectivity index (χ2n) is 6.17. The molecule has 1 aliphatic rings. The Kier molecular flexibility index (Phi) is 4.95. The molecule has 3 aromatic rings. The second-order valence-corrected chi connectivity index (χ2v) is 7.18. The molecule has 0 fully saturated rings. The van der Waals surface area contributed by atoms with Crippen molar-refractivity contribution in [1.82, 2.24) is 4.57 Å². The molecule has 1 aromatic heterocycles. The fraction of sp³-hybridized carbons (Fsp3) is 0.300. The van der Waals surface area contributed by atoms with Gasteiger partial charge in [-0.2, -0.15) is 4.99 Å². The Morgan fingerprint density at radius 3 is 2.71 bits per heavy atom. The number of aryl methyl sites for hydroxylation is 1. The summed E-state index contributed by atoms with van der Waals surface area (Å²) in [4.78, 5) is 18.0. The van der Waals surface area contributed by atoms with Crippen molar-refractivity contribution in [2.45, 2.75) is 19.9 Å². The van der Waals surface area contributed by atoms with Gasteiger partial charge in [0.2, 0.25) is 6.79 Å². The molecular formula is C20H20N2O5S. The van der Waals surface area contributed by atoms with E-state index < -0.39 is 0 Å². The Hall–Kier alpha value is -3.00. The molecule has 0 spiro atoms. The number of hydrogen-bond donors (Lipinski definition) is 0. The van der Waals surface area contributed by atoms with Crippen LogP contribution in [0.25, 0.3) is 10.2 Å². The molecule has 1 amide bonds. The minimum atomic E-state index is -0.382. The first-order valence-corrected chi connectivity index (χ1v) is 9.71. The minimum absolute atomic E-state index is 0.228. The zero-order valence-corrected chi connectivity index (χ0v) is 16.7. The normalized spacial score (nSPS) is 13.2. The number of para-hydroxylation sites is 1. The van der Waals surface area contributed by atoms with Gasteiger partial charge in [0, 0.05) is 18.7 Å².